The van der Waals surface area contributed by atoms with E-state index < -0.39 is 17.7 Å². The summed E-state index contributed by atoms with van der Waals surface area (Å²) in [6.45, 7) is 9.07. The minimum Gasteiger partial charge on any atom is -0.507 e. The number of ketones is 1. The van der Waals surface area contributed by atoms with Gasteiger partial charge in [0.25, 0.3) is 11.7 Å². The van der Waals surface area contributed by atoms with Crippen molar-refractivity contribution in [1.82, 2.24) is 4.90 Å². The van der Waals surface area contributed by atoms with Crippen LogP contribution in [-0.2, 0) is 14.3 Å². The second-order valence-corrected chi connectivity index (χ2v) is 9.63. The van der Waals surface area contributed by atoms with Gasteiger partial charge in [-0.25, -0.2) is 0 Å². The third-order valence-electron chi connectivity index (χ3n) is 5.76. The number of anilines is 1. The van der Waals surface area contributed by atoms with Crippen LogP contribution in [0.1, 0.15) is 44.9 Å². The largest absolute Gasteiger partial charge is 0.507 e. The Bertz CT molecular complexity index is 1060. The van der Waals surface area contributed by atoms with E-state index in [0.717, 1.165) is 11.3 Å². The van der Waals surface area contributed by atoms with E-state index in [1.807, 2.05) is 57.1 Å². The number of aliphatic hydroxyl groups excluding tert-OH is 1. The molecule has 0 saturated carbocycles. The molecule has 1 saturated heterocycles. The molecule has 1 amide bonds. The number of nitrogens with zero attached hydrogens (tertiary/aromatic N) is 2. The third kappa shape index (κ3) is 6.22. The average Bonchev–Trinajstić information content (AvgIpc) is 3.07. The molecule has 0 aliphatic carbocycles. The highest BCUT2D eigenvalue weighted by atomic mass is 16.5. The standard InChI is InChI=1S/C28H36N2O5/c1-18(2)17-35-23-13-9-21(10-14-23)26(31)24-25(20-7-11-22(12-8-20)29(5)6)30(28(33)27(24)32)15-16-34-19(3)4/h7-14,18-19,25,31H,15-17H2,1-6H3/b26-24-. The highest BCUT2D eigenvalue weighted by Crippen LogP contribution is 2.39. The maximum atomic E-state index is 13.1. The Morgan fingerprint density at radius 2 is 1.63 bits per heavy atom. The van der Waals surface area contributed by atoms with Crippen molar-refractivity contribution in [1.29, 1.82) is 0 Å². The van der Waals surface area contributed by atoms with Crippen LogP contribution in [-0.4, -0.2) is 61.7 Å². The van der Waals surface area contributed by atoms with Crippen molar-refractivity contribution in [2.24, 2.45) is 5.92 Å². The van der Waals surface area contributed by atoms with Crippen molar-refractivity contribution in [2.75, 3.05) is 38.8 Å². The molecule has 0 bridgehead atoms. The molecular formula is C28H36N2O5. The normalized spacial score (nSPS) is 17.5. The summed E-state index contributed by atoms with van der Waals surface area (Å²) < 4.78 is 11.4. The number of carbonyl (C=O) groups is 2. The number of aliphatic hydroxyl groups is 1. The van der Waals surface area contributed by atoms with Crippen molar-refractivity contribution in [3.63, 3.8) is 0 Å². The Balaban J connectivity index is 2.01. The number of rotatable bonds is 10. The molecule has 7 heteroatoms. The number of likely N-dealkylation sites (tertiary alicyclic amines) is 1. The van der Waals surface area contributed by atoms with Crippen LogP contribution in [0, 0.1) is 5.92 Å². The predicted molar refractivity (Wildman–Crippen MR) is 138 cm³/mol. The van der Waals surface area contributed by atoms with E-state index in [1.165, 1.54) is 4.90 Å². The minimum absolute atomic E-state index is 0.000996. The van der Waals surface area contributed by atoms with E-state index in [9.17, 15) is 14.7 Å². The van der Waals surface area contributed by atoms with Crippen LogP contribution in [0.4, 0.5) is 5.69 Å². The number of Topliss-reactive ketones (excluding diaryl/α,β-unsaturated/α-hetero) is 1. The number of benzene rings is 2. The monoisotopic (exact) mass is 480 g/mol. The van der Waals surface area contributed by atoms with E-state index in [1.54, 1.807) is 24.3 Å². The Morgan fingerprint density at radius 1 is 1.00 bits per heavy atom. The molecule has 1 fully saturated rings. The highest BCUT2D eigenvalue weighted by Gasteiger charge is 2.45. The summed E-state index contributed by atoms with van der Waals surface area (Å²) in [4.78, 5) is 29.6. The number of carbonyl (C=O) groups excluding carboxylic acids is 2. The molecule has 1 N–H and O–H groups in total. The zero-order valence-electron chi connectivity index (χ0n) is 21.4. The van der Waals surface area contributed by atoms with Gasteiger partial charge in [-0.1, -0.05) is 26.0 Å². The summed E-state index contributed by atoms with van der Waals surface area (Å²) in [5.41, 5.74) is 2.27. The molecule has 1 unspecified atom stereocenters. The Labute approximate surface area is 207 Å². The van der Waals surface area contributed by atoms with Gasteiger partial charge in [-0.2, -0.15) is 0 Å². The molecule has 3 rings (SSSR count). The molecule has 0 spiro atoms. The lowest BCUT2D eigenvalue weighted by Crippen LogP contribution is -2.33. The van der Waals surface area contributed by atoms with Gasteiger partial charge in [-0.15, -0.1) is 0 Å². The first-order valence-electron chi connectivity index (χ1n) is 12.0. The molecule has 7 nitrogen and oxygen atoms in total. The van der Waals surface area contributed by atoms with Gasteiger partial charge in [0, 0.05) is 31.9 Å². The zero-order valence-corrected chi connectivity index (χ0v) is 21.4. The topological polar surface area (TPSA) is 79.3 Å². The van der Waals surface area contributed by atoms with E-state index in [-0.39, 0.29) is 24.0 Å². The van der Waals surface area contributed by atoms with Gasteiger partial charge in [-0.3, -0.25) is 9.59 Å². The summed E-state index contributed by atoms with van der Waals surface area (Å²) in [6, 6.07) is 13.8. The number of amides is 1. The fourth-order valence-corrected chi connectivity index (χ4v) is 3.93. The molecular weight excluding hydrogens is 444 g/mol. The van der Waals surface area contributed by atoms with Crippen molar-refractivity contribution in [2.45, 2.75) is 39.8 Å². The second kappa shape index (κ2) is 11.4. The van der Waals surface area contributed by atoms with Crippen molar-refractivity contribution < 1.29 is 24.2 Å². The molecule has 2 aromatic carbocycles. The summed E-state index contributed by atoms with van der Waals surface area (Å²) in [7, 11) is 3.89. The van der Waals surface area contributed by atoms with Crippen LogP contribution >= 0.6 is 0 Å². The van der Waals surface area contributed by atoms with Crippen molar-refractivity contribution in [3.8, 4) is 5.75 Å². The SMILES string of the molecule is CC(C)COc1ccc(/C(O)=C2/C(=O)C(=O)N(CCOC(C)C)C2c2ccc(N(C)C)cc2)cc1. The number of ether oxygens (including phenoxy) is 2. The molecule has 1 aliphatic heterocycles. The van der Waals surface area contributed by atoms with Gasteiger partial charge in [0.05, 0.1) is 30.9 Å². The van der Waals surface area contributed by atoms with Gasteiger partial charge in [0.2, 0.25) is 0 Å². The lowest BCUT2D eigenvalue weighted by atomic mass is 9.95. The predicted octanol–water partition coefficient (Wildman–Crippen LogP) is 4.63. The summed E-state index contributed by atoms with van der Waals surface area (Å²) in [5.74, 6) is -0.478. The minimum atomic E-state index is -0.709. The average molecular weight is 481 g/mol. The Hall–Kier alpha value is -3.32. The molecule has 0 aromatic heterocycles. The molecule has 2 aromatic rings. The van der Waals surface area contributed by atoms with Gasteiger partial charge >= 0.3 is 0 Å². The van der Waals surface area contributed by atoms with Gasteiger partial charge < -0.3 is 24.4 Å². The second-order valence-electron chi connectivity index (χ2n) is 9.63. The maximum Gasteiger partial charge on any atom is 0.295 e. The molecule has 1 aliphatic rings. The first-order chi connectivity index (χ1) is 16.6. The van der Waals surface area contributed by atoms with Crippen LogP contribution in [0.25, 0.3) is 5.76 Å². The summed E-state index contributed by atoms with van der Waals surface area (Å²) in [6.07, 6.45) is 0.000996. The molecule has 1 heterocycles. The number of hydrogen-bond acceptors (Lipinski definition) is 6. The fraction of sp³-hybridized carbons (Fsp3) is 0.429. The quantitative estimate of drug-likeness (QED) is 0.303. The van der Waals surface area contributed by atoms with Crippen LogP contribution in [0.2, 0.25) is 0 Å². The lowest BCUT2D eigenvalue weighted by molar-refractivity contribution is -0.140. The summed E-state index contributed by atoms with van der Waals surface area (Å²) >= 11 is 0. The highest BCUT2D eigenvalue weighted by molar-refractivity contribution is 6.46. The molecule has 1 atom stereocenters. The van der Waals surface area contributed by atoms with E-state index in [0.29, 0.717) is 30.4 Å². The Morgan fingerprint density at radius 3 is 2.17 bits per heavy atom. The first kappa shape index (κ1) is 26.3. The fourth-order valence-electron chi connectivity index (χ4n) is 3.93. The van der Waals surface area contributed by atoms with E-state index >= 15 is 0 Å². The lowest BCUT2D eigenvalue weighted by Gasteiger charge is -2.26. The smallest absolute Gasteiger partial charge is 0.295 e. The van der Waals surface area contributed by atoms with Crippen molar-refractivity contribution >= 4 is 23.1 Å². The summed E-state index contributed by atoms with van der Waals surface area (Å²) in [5, 5.41) is 11.2. The van der Waals surface area contributed by atoms with E-state index in [2.05, 4.69) is 13.8 Å². The van der Waals surface area contributed by atoms with Gasteiger partial charge in [-0.05, 0) is 61.7 Å². The maximum absolute atomic E-state index is 13.1. The molecule has 188 valence electrons. The van der Waals surface area contributed by atoms with Gasteiger partial charge in [0.1, 0.15) is 11.5 Å². The Kier molecular flexibility index (Phi) is 8.57. The van der Waals surface area contributed by atoms with Crippen LogP contribution in [0.3, 0.4) is 0 Å². The van der Waals surface area contributed by atoms with Crippen molar-refractivity contribution in [3.05, 3.63) is 65.2 Å². The third-order valence-corrected chi connectivity index (χ3v) is 5.76. The van der Waals surface area contributed by atoms with Crippen LogP contribution in [0.5, 0.6) is 5.75 Å². The van der Waals surface area contributed by atoms with Gasteiger partial charge in [0.15, 0.2) is 0 Å². The van der Waals surface area contributed by atoms with E-state index in [4.69, 9.17) is 9.47 Å². The first-order valence-corrected chi connectivity index (χ1v) is 12.0. The van der Waals surface area contributed by atoms with Crippen LogP contribution in [0.15, 0.2) is 54.1 Å². The number of hydrogen-bond donors (Lipinski definition) is 1. The molecule has 35 heavy (non-hydrogen) atoms. The van der Waals surface area contributed by atoms with Crippen LogP contribution < -0.4 is 9.64 Å². The zero-order chi connectivity index (χ0) is 25.7. The molecule has 0 radical (unpaired) electrons.